The number of rotatable bonds is 7. The van der Waals surface area contributed by atoms with Gasteiger partial charge in [-0.3, -0.25) is 4.90 Å². The molecule has 2 heterocycles. The van der Waals surface area contributed by atoms with Crippen LogP contribution in [0.5, 0.6) is 0 Å². The molecule has 0 bridgehead atoms. The van der Waals surface area contributed by atoms with Crippen molar-refractivity contribution in [2.45, 2.75) is 24.6 Å². The Bertz CT molecular complexity index is 693. The predicted molar refractivity (Wildman–Crippen MR) is 89.3 cm³/mol. The summed E-state index contributed by atoms with van der Waals surface area (Å²) >= 11 is 0. The summed E-state index contributed by atoms with van der Waals surface area (Å²) in [4.78, 5) is 2.28. The maximum Gasteiger partial charge on any atom is 0.215 e. The fourth-order valence-corrected chi connectivity index (χ4v) is 4.14. The molecule has 1 N–H and O–H groups in total. The first-order chi connectivity index (χ1) is 11.1. The van der Waals surface area contributed by atoms with Crippen molar-refractivity contribution in [2.24, 2.45) is 0 Å². The molecule has 0 aliphatic carbocycles. The molecule has 1 unspecified atom stereocenters. The number of sulfonamides is 1. The minimum atomic E-state index is -3.37. The standard InChI is InChI=1S/C17H22N2O3S/c20-23(21,14-15-7-2-1-3-8-15)18-13-16(17-9-6-12-22-17)19-10-4-5-11-19/h1-3,6-9,12,16,18H,4-5,10-11,13-14H2. The first kappa shape index (κ1) is 16.2. The van der Waals surface area contributed by atoms with E-state index in [0.29, 0.717) is 6.54 Å². The molecule has 1 aromatic carbocycles. The van der Waals surface area contributed by atoms with E-state index in [4.69, 9.17) is 4.42 Å². The van der Waals surface area contributed by atoms with Crippen LogP contribution in [0, 0.1) is 0 Å². The van der Waals surface area contributed by atoms with Crippen LogP contribution in [0.3, 0.4) is 0 Å². The molecule has 0 spiro atoms. The van der Waals surface area contributed by atoms with Crippen LogP contribution >= 0.6 is 0 Å². The van der Waals surface area contributed by atoms with E-state index >= 15 is 0 Å². The first-order valence-electron chi connectivity index (χ1n) is 7.93. The van der Waals surface area contributed by atoms with Gasteiger partial charge >= 0.3 is 0 Å². The molecule has 2 aromatic rings. The topological polar surface area (TPSA) is 62.6 Å². The van der Waals surface area contributed by atoms with Crippen molar-refractivity contribution < 1.29 is 12.8 Å². The van der Waals surface area contributed by atoms with Gasteiger partial charge in [-0.25, -0.2) is 13.1 Å². The second kappa shape index (κ2) is 7.29. The third-order valence-electron chi connectivity index (χ3n) is 4.15. The third-order valence-corrected chi connectivity index (χ3v) is 5.47. The lowest BCUT2D eigenvalue weighted by Gasteiger charge is -2.25. The highest BCUT2D eigenvalue weighted by molar-refractivity contribution is 7.88. The van der Waals surface area contributed by atoms with Gasteiger partial charge in [-0.1, -0.05) is 30.3 Å². The quantitative estimate of drug-likeness (QED) is 0.845. The summed E-state index contributed by atoms with van der Waals surface area (Å²) in [5.74, 6) is 0.813. The first-order valence-corrected chi connectivity index (χ1v) is 9.58. The van der Waals surface area contributed by atoms with E-state index in [2.05, 4.69) is 9.62 Å². The van der Waals surface area contributed by atoms with Crippen molar-refractivity contribution in [3.05, 3.63) is 60.1 Å². The lowest BCUT2D eigenvalue weighted by Crippen LogP contribution is -2.37. The number of likely N-dealkylation sites (tertiary alicyclic amines) is 1. The van der Waals surface area contributed by atoms with Gasteiger partial charge in [-0.15, -0.1) is 0 Å². The number of benzene rings is 1. The van der Waals surface area contributed by atoms with E-state index in [1.165, 1.54) is 0 Å². The van der Waals surface area contributed by atoms with Crippen LogP contribution in [0.15, 0.2) is 53.1 Å². The van der Waals surface area contributed by atoms with Gasteiger partial charge in [0, 0.05) is 6.54 Å². The minimum Gasteiger partial charge on any atom is -0.468 e. The number of nitrogens with one attached hydrogen (secondary N) is 1. The van der Waals surface area contributed by atoms with Crippen LogP contribution in [0.1, 0.15) is 30.2 Å². The van der Waals surface area contributed by atoms with E-state index in [9.17, 15) is 8.42 Å². The van der Waals surface area contributed by atoms with Crippen LogP contribution in [0.4, 0.5) is 0 Å². The van der Waals surface area contributed by atoms with Crippen molar-refractivity contribution in [1.29, 1.82) is 0 Å². The molecule has 1 aliphatic rings. The van der Waals surface area contributed by atoms with Crippen molar-refractivity contribution in [3.8, 4) is 0 Å². The molecule has 6 heteroatoms. The molecule has 1 aromatic heterocycles. The number of hydrogen-bond donors (Lipinski definition) is 1. The number of hydrogen-bond acceptors (Lipinski definition) is 4. The average Bonchev–Trinajstić information content (AvgIpc) is 3.21. The van der Waals surface area contributed by atoms with Gasteiger partial charge in [0.25, 0.3) is 0 Å². The third kappa shape index (κ3) is 4.43. The van der Waals surface area contributed by atoms with E-state index < -0.39 is 10.0 Å². The van der Waals surface area contributed by atoms with Crippen molar-refractivity contribution >= 4 is 10.0 Å². The molecule has 1 fully saturated rings. The van der Waals surface area contributed by atoms with Crippen LogP contribution in [0.25, 0.3) is 0 Å². The monoisotopic (exact) mass is 334 g/mol. The molecule has 0 saturated carbocycles. The van der Waals surface area contributed by atoms with E-state index in [1.54, 1.807) is 6.26 Å². The van der Waals surface area contributed by atoms with Crippen LogP contribution < -0.4 is 4.72 Å². The van der Waals surface area contributed by atoms with Gasteiger partial charge in [0.05, 0.1) is 18.1 Å². The second-order valence-electron chi connectivity index (χ2n) is 5.87. The van der Waals surface area contributed by atoms with Crippen LogP contribution in [0.2, 0.25) is 0 Å². The summed E-state index contributed by atoms with van der Waals surface area (Å²) in [7, 11) is -3.37. The van der Waals surface area contributed by atoms with Crippen molar-refractivity contribution in [2.75, 3.05) is 19.6 Å². The lowest BCUT2D eigenvalue weighted by atomic mass is 10.2. The molecule has 124 valence electrons. The minimum absolute atomic E-state index is 0.00128. The zero-order valence-corrected chi connectivity index (χ0v) is 13.8. The summed E-state index contributed by atoms with van der Waals surface area (Å²) in [6.45, 7) is 2.29. The Morgan fingerprint density at radius 2 is 1.83 bits per heavy atom. The molecule has 0 radical (unpaired) electrons. The fourth-order valence-electron chi connectivity index (χ4n) is 2.99. The van der Waals surface area contributed by atoms with Gasteiger partial charge in [0.15, 0.2) is 0 Å². The van der Waals surface area contributed by atoms with Gasteiger partial charge in [-0.05, 0) is 43.6 Å². The average molecular weight is 334 g/mol. The Hall–Kier alpha value is -1.63. The molecule has 1 aliphatic heterocycles. The maximum atomic E-state index is 12.3. The van der Waals surface area contributed by atoms with Gasteiger partial charge in [0.2, 0.25) is 10.0 Å². The smallest absolute Gasteiger partial charge is 0.215 e. The van der Waals surface area contributed by atoms with Crippen LogP contribution in [-0.2, 0) is 15.8 Å². The van der Waals surface area contributed by atoms with Gasteiger partial charge in [0.1, 0.15) is 5.76 Å². The Morgan fingerprint density at radius 1 is 1.09 bits per heavy atom. The highest BCUT2D eigenvalue weighted by atomic mass is 32.2. The highest BCUT2D eigenvalue weighted by Crippen LogP contribution is 2.25. The van der Waals surface area contributed by atoms with E-state index in [-0.39, 0.29) is 11.8 Å². The SMILES string of the molecule is O=S(=O)(Cc1ccccc1)NCC(c1ccco1)N1CCCC1. The van der Waals surface area contributed by atoms with E-state index in [1.807, 2.05) is 42.5 Å². The van der Waals surface area contributed by atoms with Gasteiger partial charge < -0.3 is 4.42 Å². The largest absolute Gasteiger partial charge is 0.468 e. The zero-order valence-electron chi connectivity index (χ0n) is 13.0. The summed E-state index contributed by atoms with van der Waals surface area (Å²) in [6.07, 6.45) is 3.93. The summed E-state index contributed by atoms with van der Waals surface area (Å²) in [5.41, 5.74) is 0.788. The summed E-state index contributed by atoms with van der Waals surface area (Å²) in [5, 5.41) is 0. The molecular formula is C17H22N2O3S. The number of furan rings is 1. The molecule has 23 heavy (non-hydrogen) atoms. The number of nitrogens with zero attached hydrogens (tertiary/aromatic N) is 1. The molecular weight excluding hydrogens is 312 g/mol. The zero-order chi connectivity index (χ0) is 16.1. The highest BCUT2D eigenvalue weighted by Gasteiger charge is 2.27. The molecule has 1 saturated heterocycles. The Kier molecular flexibility index (Phi) is 5.15. The lowest BCUT2D eigenvalue weighted by molar-refractivity contribution is 0.216. The summed E-state index contributed by atoms with van der Waals surface area (Å²) < 4.78 is 32.9. The van der Waals surface area contributed by atoms with Crippen molar-refractivity contribution in [1.82, 2.24) is 9.62 Å². The molecule has 0 amide bonds. The molecule has 1 atom stereocenters. The summed E-state index contributed by atoms with van der Waals surface area (Å²) in [6, 6.07) is 12.9. The Morgan fingerprint density at radius 3 is 2.48 bits per heavy atom. The Labute approximate surface area is 137 Å². The van der Waals surface area contributed by atoms with Gasteiger partial charge in [-0.2, -0.15) is 0 Å². The molecule has 5 nitrogen and oxygen atoms in total. The molecule has 3 rings (SSSR count). The predicted octanol–water partition coefficient (Wildman–Crippen LogP) is 2.54. The second-order valence-corrected chi connectivity index (χ2v) is 7.67. The normalized spacial score (nSPS) is 17.4. The van der Waals surface area contributed by atoms with Crippen LogP contribution in [-0.4, -0.2) is 33.0 Å². The Balaban J connectivity index is 1.66. The van der Waals surface area contributed by atoms with E-state index in [0.717, 1.165) is 37.3 Å². The fraction of sp³-hybridized carbons (Fsp3) is 0.412. The maximum absolute atomic E-state index is 12.3. The van der Waals surface area contributed by atoms with Crippen molar-refractivity contribution in [3.63, 3.8) is 0 Å².